The van der Waals surface area contributed by atoms with E-state index in [2.05, 4.69) is 31.0 Å². The number of amides is 1. The molecule has 0 radical (unpaired) electrons. The quantitative estimate of drug-likeness (QED) is 0.610. The van der Waals surface area contributed by atoms with Crippen LogP contribution in [-0.2, 0) is 11.3 Å². The van der Waals surface area contributed by atoms with Gasteiger partial charge < -0.3 is 10.1 Å². The Morgan fingerprint density at radius 1 is 1.22 bits per heavy atom. The molecule has 3 aromatic rings. The number of ether oxygens (including phenoxy) is 1. The number of carbonyl (C=O) groups is 2. The van der Waals surface area contributed by atoms with Gasteiger partial charge in [0.25, 0.3) is 0 Å². The maximum Gasteiger partial charge on any atom is 0.361 e. The molecule has 3 rings (SSSR count). The number of anilines is 1. The van der Waals surface area contributed by atoms with Crippen molar-refractivity contribution in [3.05, 3.63) is 41.2 Å². The van der Waals surface area contributed by atoms with Crippen LogP contribution in [0.1, 0.15) is 35.1 Å². The maximum absolute atomic E-state index is 12.2. The van der Waals surface area contributed by atoms with Crippen molar-refractivity contribution in [2.45, 2.75) is 33.7 Å². The molecule has 0 atom stereocenters. The number of nitrogens with zero attached hydrogens (tertiary/aromatic N) is 5. The normalized spacial score (nSPS) is 10.6. The molecule has 2 heterocycles. The Morgan fingerprint density at radius 3 is 2.56 bits per heavy atom. The first-order chi connectivity index (χ1) is 12.9. The summed E-state index contributed by atoms with van der Waals surface area (Å²) in [7, 11) is 0. The second-order valence-corrected chi connectivity index (χ2v) is 5.94. The van der Waals surface area contributed by atoms with Gasteiger partial charge in [-0.15, -0.1) is 0 Å². The van der Waals surface area contributed by atoms with Crippen LogP contribution in [0.5, 0.6) is 11.8 Å². The summed E-state index contributed by atoms with van der Waals surface area (Å²) < 4.78 is 7.05. The smallest absolute Gasteiger partial charge is 0.361 e. The number of hydrogen-bond donors (Lipinski definition) is 2. The second-order valence-electron chi connectivity index (χ2n) is 5.94. The van der Waals surface area contributed by atoms with Crippen molar-refractivity contribution in [3.8, 4) is 11.8 Å². The van der Waals surface area contributed by atoms with E-state index in [4.69, 9.17) is 4.74 Å². The number of H-pyrrole nitrogens is 1. The summed E-state index contributed by atoms with van der Waals surface area (Å²) in [4.78, 5) is 23.8. The third-order valence-corrected chi connectivity index (χ3v) is 3.96. The highest BCUT2D eigenvalue weighted by molar-refractivity contribution is 5.96. The molecule has 10 nitrogen and oxygen atoms in total. The molecule has 2 N–H and O–H groups in total. The van der Waals surface area contributed by atoms with Crippen LogP contribution in [-0.4, -0.2) is 42.1 Å². The van der Waals surface area contributed by atoms with E-state index in [0.717, 1.165) is 5.69 Å². The molecule has 0 unspecified atom stereocenters. The third-order valence-electron chi connectivity index (χ3n) is 3.96. The molecule has 2 aromatic heterocycles. The van der Waals surface area contributed by atoms with E-state index in [1.54, 1.807) is 35.9 Å². The summed E-state index contributed by atoms with van der Waals surface area (Å²) >= 11 is 0. The maximum atomic E-state index is 12.2. The van der Waals surface area contributed by atoms with Gasteiger partial charge in [-0.2, -0.15) is 10.3 Å². The molecule has 0 spiro atoms. The Kier molecular flexibility index (Phi) is 5.25. The van der Waals surface area contributed by atoms with Gasteiger partial charge in [0.05, 0.1) is 11.3 Å². The van der Waals surface area contributed by atoms with Gasteiger partial charge in [0.1, 0.15) is 5.75 Å². The van der Waals surface area contributed by atoms with E-state index >= 15 is 0 Å². The molecule has 0 aliphatic carbocycles. The number of aromatic nitrogens is 6. The number of rotatable bonds is 7. The Bertz CT molecular complexity index is 946. The molecule has 0 saturated heterocycles. The molecule has 0 fully saturated rings. The Hall–Kier alpha value is -3.56. The van der Waals surface area contributed by atoms with Gasteiger partial charge >= 0.3 is 6.01 Å². The zero-order valence-corrected chi connectivity index (χ0v) is 15.2. The number of hydrogen-bond acceptors (Lipinski definition) is 7. The molecule has 0 saturated carbocycles. The summed E-state index contributed by atoms with van der Waals surface area (Å²) in [6, 6.07) is 6.91. The number of carbonyl (C=O) groups excluding carboxylic acids is 2. The van der Waals surface area contributed by atoms with E-state index < -0.39 is 0 Å². The van der Waals surface area contributed by atoms with Gasteiger partial charge in [0, 0.05) is 24.3 Å². The van der Waals surface area contributed by atoms with E-state index in [-0.39, 0.29) is 24.1 Å². The molecular formula is C17H19N7O3. The standard InChI is InChI=1S/C17H19N7O3/c1-10-16(12(3)25)11(2)24(21-10)9-8-15(26)18-13-4-6-14(7-5-13)27-17-19-22-23-20-17/h4-7H,8-9H2,1-3H3,(H,18,26)(H,19,20,22,23). The molecule has 140 valence electrons. The van der Waals surface area contributed by atoms with Gasteiger partial charge in [0.2, 0.25) is 5.91 Å². The lowest BCUT2D eigenvalue weighted by Crippen LogP contribution is -2.15. The number of aryl methyl sites for hydroxylation is 2. The van der Waals surface area contributed by atoms with E-state index in [1.807, 2.05) is 6.92 Å². The van der Waals surface area contributed by atoms with Gasteiger partial charge in [0.15, 0.2) is 5.78 Å². The first-order valence-corrected chi connectivity index (χ1v) is 8.30. The number of Topliss-reactive ketones (excluding diaryl/α,β-unsaturated/α-hetero) is 1. The average Bonchev–Trinajstić information content (AvgIpc) is 3.22. The largest absolute Gasteiger partial charge is 0.422 e. The van der Waals surface area contributed by atoms with Crippen molar-refractivity contribution < 1.29 is 14.3 Å². The summed E-state index contributed by atoms with van der Waals surface area (Å²) in [6.45, 7) is 5.53. The van der Waals surface area contributed by atoms with Crippen LogP contribution in [0.3, 0.4) is 0 Å². The predicted molar refractivity (Wildman–Crippen MR) is 95.6 cm³/mol. The molecule has 1 amide bonds. The highest BCUT2D eigenvalue weighted by Crippen LogP contribution is 2.20. The van der Waals surface area contributed by atoms with Crippen LogP contribution < -0.4 is 10.1 Å². The molecular weight excluding hydrogens is 350 g/mol. The van der Waals surface area contributed by atoms with Crippen LogP contribution in [0.2, 0.25) is 0 Å². The first kappa shape index (κ1) is 18.2. The number of benzene rings is 1. The fraction of sp³-hybridized carbons (Fsp3) is 0.294. The monoisotopic (exact) mass is 369 g/mol. The number of tetrazole rings is 1. The number of nitrogens with one attached hydrogen (secondary N) is 2. The molecule has 1 aromatic carbocycles. The first-order valence-electron chi connectivity index (χ1n) is 8.30. The van der Waals surface area contributed by atoms with E-state index in [1.165, 1.54) is 6.92 Å². The van der Waals surface area contributed by atoms with Gasteiger partial charge in [-0.3, -0.25) is 14.3 Å². The van der Waals surface area contributed by atoms with Crippen molar-refractivity contribution in [2.24, 2.45) is 0 Å². The lowest BCUT2D eigenvalue weighted by atomic mass is 10.1. The lowest BCUT2D eigenvalue weighted by molar-refractivity contribution is -0.116. The van der Waals surface area contributed by atoms with Crippen LogP contribution in [0, 0.1) is 13.8 Å². The molecule has 0 bridgehead atoms. The zero-order valence-electron chi connectivity index (χ0n) is 15.2. The predicted octanol–water partition coefficient (Wildman–Crippen LogP) is 2.04. The van der Waals surface area contributed by atoms with Gasteiger partial charge in [-0.05, 0) is 50.3 Å². The topological polar surface area (TPSA) is 128 Å². The van der Waals surface area contributed by atoms with E-state index in [9.17, 15) is 9.59 Å². The van der Waals surface area contributed by atoms with Crippen LogP contribution >= 0.6 is 0 Å². The second kappa shape index (κ2) is 7.77. The summed E-state index contributed by atoms with van der Waals surface area (Å²) in [6.07, 6.45) is 0.237. The number of ketones is 1. The van der Waals surface area contributed by atoms with Crippen molar-refractivity contribution in [1.82, 2.24) is 30.4 Å². The van der Waals surface area contributed by atoms with Crippen LogP contribution in [0.25, 0.3) is 0 Å². The third kappa shape index (κ3) is 4.35. The van der Waals surface area contributed by atoms with Crippen molar-refractivity contribution >= 4 is 17.4 Å². The van der Waals surface area contributed by atoms with Gasteiger partial charge in [-0.25, -0.2) is 0 Å². The Balaban J connectivity index is 1.55. The summed E-state index contributed by atoms with van der Waals surface area (Å²) in [5.74, 6) is 0.344. The minimum absolute atomic E-state index is 0.0242. The minimum atomic E-state index is -0.154. The molecule has 27 heavy (non-hydrogen) atoms. The SMILES string of the molecule is CC(=O)c1c(C)nn(CCC(=O)Nc2ccc(Oc3nn[nH]n3)cc2)c1C. The van der Waals surface area contributed by atoms with Crippen LogP contribution in [0.4, 0.5) is 5.69 Å². The zero-order chi connectivity index (χ0) is 19.4. The number of aromatic amines is 1. The highest BCUT2D eigenvalue weighted by Gasteiger charge is 2.15. The summed E-state index contributed by atoms with van der Waals surface area (Å²) in [5.41, 5.74) is 2.71. The van der Waals surface area contributed by atoms with Crippen molar-refractivity contribution in [3.63, 3.8) is 0 Å². The lowest BCUT2D eigenvalue weighted by Gasteiger charge is -2.08. The molecule has 10 heteroatoms. The van der Waals surface area contributed by atoms with Crippen LogP contribution in [0.15, 0.2) is 24.3 Å². The van der Waals surface area contributed by atoms with E-state index in [0.29, 0.717) is 29.2 Å². The fourth-order valence-corrected chi connectivity index (χ4v) is 2.76. The Labute approximate surface area is 154 Å². The Morgan fingerprint density at radius 2 is 1.96 bits per heavy atom. The minimum Gasteiger partial charge on any atom is -0.422 e. The fourth-order valence-electron chi connectivity index (χ4n) is 2.76. The molecule has 0 aliphatic rings. The highest BCUT2D eigenvalue weighted by atomic mass is 16.5. The van der Waals surface area contributed by atoms with Crippen molar-refractivity contribution in [1.29, 1.82) is 0 Å². The summed E-state index contributed by atoms with van der Waals surface area (Å²) in [5, 5.41) is 20.2. The molecule has 0 aliphatic heterocycles. The van der Waals surface area contributed by atoms with Crippen molar-refractivity contribution in [2.75, 3.05) is 5.32 Å². The average molecular weight is 369 g/mol. The van der Waals surface area contributed by atoms with Gasteiger partial charge in [-0.1, -0.05) is 10.2 Å².